The summed E-state index contributed by atoms with van der Waals surface area (Å²) in [5.74, 6) is -1.21. The topological polar surface area (TPSA) is 132 Å². The van der Waals surface area contributed by atoms with Gasteiger partial charge in [-0.1, -0.05) is 0 Å². The molecule has 1 rings (SSSR count). The lowest BCUT2D eigenvalue weighted by atomic mass is 10.4. The maximum Gasteiger partial charge on any atom is 0.516 e. The SMILES string of the molecule is N#Cc1nc(NS(=O)(=O)C(F)(F)F)n(O)c1C#N. The molecule has 0 saturated heterocycles. The van der Waals surface area contributed by atoms with Crippen molar-refractivity contribution in [1.82, 2.24) is 9.71 Å². The Hall–Kier alpha value is -2.47. The average Bonchev–Trinajstić information content (AvgIpc) is 2.53. The van der Waals surface area contributed by atoms with E-state index in [0.29, 0.717) is 0 Å². The van der Waals surface area contributed by atoms with Gasteiger partial charge in [-0.05, 0) is 0 Å². The third-order valence-electron chi connectivity index (χ3n) is 1.60. The van der Waals surface area contributed by atoms with Crippen molar-refractivity contribution in [3.05, 3.63) is 11.4 Å². The van der Waals surface area contributed by atoms with Crippen LogP contribution in [0.15, 0.2) is 0 Å². The average molecular weight is 281 g/mol. The molecular weight excluding hydrogens is 279 g/mol. The number of nitrogens with one attached hydrogen (secondary N) is 1. The van der Waals surface area contributed by atoms with Crippen molar-refractivity contribution in [3.8, 4) is 12.1 Å². The van der Waals surface area contributed by atoms with Crippen molar-refractivity contribution in [2.45, 2.75) is 5.51 Å². The zero-order valence-electron chi connectivity index (χ0n) is 8.09. The lowest BCUT2D eigenvalue weighted by molar-refractivity contribution is -0.0429. The van der Waals surface area contributed by atoms with Gasteiger partial charge in [-0.3, -0.25) is 0 Å². The number of rotatable bonds is 2. The number of sulfonamides is 1. The molecular formula is C6H2F3N5O3S. The van der Waals surface area contributed by atoms with Gasteiger partial charge in [0.2, 0.25) is 0 Å². The number of hydrogen-bond acceptors (Lipinski definition) is 6. The van der Waals surface area contributed by atoms with Gasteiger partial charge in [-0.25, -0.2) is 4.72 Å². The molecule has 0 saturated carbocycles. The van der Waals surface area contributed by atoms with Crippen LogP contribution in [0.25, 0.3) is 0 Å². The van der Waals surface area contributed by atoms with Crippen LogP contribution >= 0.6 is 0 Å². The third kappa shape index (κ3) is 2.14. The Morgan fingerprint density at radius 3 is 2.22 bits per heavy atom. The molecule has 8 nitrogen and oxygen atoms in total. The zero-order valence-corrected chi connectivity index (χ0v) is 8.91. The van der Waals surface area contributed by atoms with Gasteiger partial charge in [0.15, 0.2) is 11.4 Å². The van der Waals surface area contributed by atoms with Gasteiger partial charge in [-0.2, -0.15) is 37.1 Å². The van der Waals surface area contributed by atoms with Crippen molar-refractivity contribution >= 4 is 16.0 Å². The molecule has 0 aromatic carbocycles. The van der Waals surface area contributed by atoms with Gasteiger partial charge in [0.05, 0.1) is 0 Å². The first-order valence-corrected chi connectivity index (χ1v) is 5.33. The van der Waals surface area contributed by atoms with Gasteiger partial charge >= 0.3 is 15.5 Å². The molecule has 96 valence electrons. The van der Waals surface area contributed by atoms with Crippen LogP contribution in [0.2, 0.25) is 0 Å². The number of nitrogens with zero attached hydrogens (tertiary/aromatic N) is 4. The van der Waals surface area contributed by atoms with E-state index in [0.717, 1.165) is 4.72 Å². The first-order chi connectivity index (χ1) is 8.14. The summed E-state index contributed by atoms with van der Waals surface area (Å²) in [6.45, 7) is 0. The molecule has 0 amide bonds. The molecule has 18 heavy (non-hydrogen) atoms. The van der Waals surface area contributed by atoms with Gasteiger partial charge in [0, 0.05) is 0 Å². The van der Waals surface area contributed by atoms with E-state index < -0.39 is 32.9 Å². The summed E-state index contributed by atoms with van der Waals surface area (Å²) in [5.41, 5.74) is -7.14. The summed E-state index contributed by atoms with van der Waals surface area (Å²) in [5, 5.41) is 26.1. The van der Waals surface area contributed by atoms with Gasteiger partial charge in [0.1, 0.15) is 12.1 Å². The second kappa shape index (κ2) is 4.08. The Morgan fingerprint density at radius 1 is 1.33 bits per heavy atom. The lowest BCUT2D eigenvalue weighted by Crippen LogP contribution is -2.31. The highest BCUT2D eigenvalue weighted by molar-refractivity contribution is 7.93. The fourth-order valence-electron chi connectivity index (χ4n) is 0.835. The molecule has 0 fully saturated rings. The minimum atomic E-state index is -5.81. The Kier molecular flexibility index (Phi) is 3.08. The largest absolute Gasteiger partial charge is 0.516 e. The summed E-state index contributed by atoms with van der Waals surface area (Å²) in [6.07, 6.45) is 0. The van der Waals surface area contributed by atoms with E-state index in [4.69, 9.17) is 15.7 Å². The Bertz CT molecular complexity index is 662. The molecule has 1 heterocycles. The third-order valence-corrected chi connectivity index (χ3v) is 2.66. The molecule has 0 aliphatic rings. The van der Waals surface area contributed by atoms with Crippen molar-refractivity contribution < 1.29 is 26.8 Å². The van der Waals surface area contributed by atoms with E-state index in [9.17, 15) is 21.6 Å². The minimum Gasteiger partial charge on any atom is -0.424 e. The number of aromatic nitrogens is 2. The summed E-state index contributed by atoms with van der Waals surface area (Å²) in [4.78, 5) is 3.04. The van der Waals surface area contributed by atoms with Crippen LogP contribution in [0.4, 0.5) is 19.1 Å². The lowest BCUT2D eigenvalue weighted by Gasteiger charge is -2.08. The smallest absolute Gasteiger partial charge is 0.424 e. The molecule has 0 bridgehead atoms. The van der Waals surface area contributed by atoms with E-state index in [1.165, 1.54) is 12.1 Å². The molecule has 1 aromatic rings. The van der Waals surface area contributed by atoms with Crippen LogP contribution in [-0.4, -0.2) is 28.8 Å². The van der Waals surface area contributed by atoms with Crippen LogP contribution in [0.3, 0.4) is 0 Å². The van der Waals surface area contributed by atoms with Crippen LogP contribution in [-0.2, 0) is 10.0 Å². The second-order valence-corrected chi connectivity index (χ2v) is 4.39. The molecule has 0 aliphatic heterocycles. The highest BCUT2D eigenvalue weighted by Crippen LogP contribution is 2.25. The monoisotopic (exact) mass is 281 g/mol. The number of imidazole rings is 1. The van der Waals surface area contributed by atoms with Gasteiger partial charge in [-0.15, -0.1) is 4.73 Å². The van der Waals surface area contributed by atoms with E-state index in [-0.39, 0.29) is 4.73 Å². The molecule has 2 N–H and O–H groups in total. The highest BCUT2D eigenvalue weighted by Gasteiger charge is 2.47. The zero-order chi connectivity index (χ0) is 14.1. The van der Waals surface area contributed by atoms with Crippen LogP contribution in [0, 0.1) is 22.7 Å². The predicted molar refractivity (Wildman–Crippen MR) is 47.4 cm³/mol. The van der Waals surface area contributed by atoms with Crippen LogP contribution in [0.1, 0.15) is 11.4 Å². The molecule has 0 atom stereocenters. The number of hydrogen-bond donors (Lipinski definition) is 2. The minimum absolute atomic E-state index is 0.262. The Morgan fingerprint density at radius 2 is 1.89 bits per heavy atom. The highest BCUT2D eigenvalue weighted by atomic mass is 32.2. The van der Waals surface area contributed by atoms with Crippen LogP contribution in [0.5, 0.6) is 0 Å². The van der Waals surface area contributed by atoms with Crippen molar-refractivity contribution in [1.29, 1.82) is 10.5 Å². The van der Waals surface area contributed by atoms with E-state index >= 15 is 0 Å². The Balaban J connectivity index is 3.29. The first kappa shape index (κ1) is 13.6. The molecule has 1 aromatic heterocycles. The molecule has 12 heteroatoms. The van der Waals surface area contributed by atoms with Crippen molar-refractivity contribution in [2.24, 2.45) is 0 Å². The normalized spacial score (nSPS) is 11.6. The van der Waals surface area contributed by atoms with E-state index in [2.05, 4.69) is 4.98 Å². The molecule has 0 radical (unpaired) electrons. The number of alkyl halides is 3. The summed E-state index contributed by atoms with van der Waals surface area (Å²) in [7, 11) is -5.81. The quantitative estimate of drug-likeness (QED) is 0.740. The fraction of sp³-hybridized carbons (Fsp3) is 0.167. The van der Waals surface area contributed by atoms with Gasteiger partial charge in [0.25, 0.3) is 5.95 Å². The number of anilines is 1. The summed E-state index contributed by atoms with van der Waals surface area (Å²) < 4.78 is 58.1. The van der Waals surface area contributed by atoms with Crippen molar-refractivity contribution in [3.63, 3.8) is 0 Å². The maximum atomic E-state index is 12.0. The first-order valence-electron chi connectivity index (χ1n) is 3.85. The summed E-state index contributed by atoms with van der Waals surface area (Å²) in [6, 6.07) is 2.57. The number of halogens is 3. The predicted octanol–water partition coefficient (Wildman–Crippen LogP) is 0.125. The second-order valence-electron chi connectivity index (χ2n) is 2.72. The molecule has 0 spiro atoms. The van der Waals surface area contributed by atoms with Gasteiger partial charge < -0.3 is 5.21 Å². The standard InChI is InChI=1S/C6H2F3N5O3S/c7-6(8,9)18(16,17)13-5-12-3(1-10)4(2-11)14(5)15/h15H,(H,12,13). The van der Waals surface area contributed by atoms with Crippen molar-refractivity contribution in [2.75, 3.05) is 4.72 Å². The van der Waals surface area contributed by atoms with Crippen LogP contribution < -0.4 is 4.72 Å². The van der Waals surface area contributed by atoms with E-state index in [1.54, 1.807) is 0 Å². The van der Waals surface area contributed by atoms with E-state index in [1.807, 2.05) is 0 Å². The summed E-state index contributed by atoms with van der Waals surface area (Å²) >= 11 is 0. The fourth-order valence-corrected chi connectivity index (χ4v) is 1.32. The maximum absolute atomic E-state index is 12.0. The Labute approximate surface area is 97.5 Å². The number of nitriles is 2. The molecule has 0 aliphatic carbocycles. The molecule has 0 unspecified atom stereocenters.